The van der Waals surface area contributed by atoms with E-state index in [-0.39, 0.29) is 33.5 Å². The van der Waals surface area contributed by atoms with Crippen LogP contribution in [0.25, 0.3) is 0 Å². The summed E-state index contributed by atoms with van der Waals surface area (Å²) in [5, 5.41) is 21.7. The minimum Gasteiger partial charge on any atom is -0.549 e. The molecule has 0 bridgehead atoms. The van der Waals surface area contributed by atoms with Crippen molar-refractivity contribution in [3.05, 3.63) is 144 Å². The van der Waals surface area contributed by atoms with Crippen LogP contribution in [0.1, 0.15) is 22.3 Å². The SMILES string of the molecule is O=C([O-])CN(Cc1ccccc1)Cc1ccccc1.O=C([O-])CN(Cc1ccccc1)Cc1ccccc1.[Pd+2]. The van der Waals surface area contributed by atoms with Gasteiger partial charge in [0.1, 0.15) is 0 Å². The predicted molar refractivity (Wildman–Crippen MR) is 144 cm³/mol. The third-order valence-electron chi connectivity index (χ3n) is 5.70. The zero-order valence-corrected chi connectivity index (χ0v) is 23.2. The topological polar surface area (TPSA) is 86.7 Å². The number of benzene rings is 4. The van der Waals surface area contributed by atoms with Crippen LogP contribution in [-0.2, 0) is 56.2 Å². The Balaban J connectivity index is 0.000000267. The summed E-state index contributed by atoms with van der Waals surface area (Å²) in [5.41, 5.74) is 4.39. The molecule has 0 saturated heterocycles. The van der Waals surface area contributed by atoms with Crippen LogP contribution in [0, 0.1) is 0 Å². The number of carbonyl (C=O) groups excluding carboxylic acids is 2. The van der Waals surface area contributed by atoms with E-state index in [2.05, 4.69) is 0 Å². The van der Waals surface area contributed by atoms with Crippen LogP contribution >= 0.6 is 0 Å². The Labute approximate surface area is 244 Å². The molecule has 4 rings (SSSR count). The van der Waals surface area contributed by atoms with Gasteiger partial charge in [0.15, 0.2) is 0 Å². The fraction of sp³-hybridized carbons (Fsp3) is 0.188. The van der Waals surface area contributed by atoms with Crippen molar-refractivity contribution in [2.45, 2.75) is 26.2 Å². The summed E-state index contributed by atoms with van der Waals surface area (Å²) in [6.45, 7) is 2.27. The Kier molecular flexibility index (Phi) is 14.5. The molecule has 0 aliphatic heterocycles. The largest absolute Gasteiger partial charge is 2.00 e. The van der Waals surface area contributed by atoms with Crippen molar-refractivity contribution in [2.24, 2.45) is 0 Å². The zero-order valence-electron chi connectivity index (χ0n) is 21.6. The van der Waals surface area contributed by atoms with E-state index in [0.29, 0.717) is 26.2 Å². The summed E-state index contributed by atoms with van der Waals surface area (Å²) in [7, 11) is 0. The van der Waals surface area contributed by atoms with Gasteiger partial charge in [-0.2, -0.15) is 0 Å². The molecule has 4 aromatic carbocycles. The molecule has 0 radical (unpaired) electrons. The van der Waals surface area contributed by atoms with Gasteiger partial charge in [-0.3, -0.25) is 9.80 Å². The maximum Gasteiger partial charge on any atom is 2.00 e. The third-order valence-corrected chi connectivity index (χ3v) is 5.70. The number of aliphatic carboxylic acids is 2. The van der Waals surface area contributed by atoms with Crippen molar-refractivity contribution in [1.82, 2.24) is 9.80 Å². The Bertz CT molecular complexity index is 1040. The first kappa shape index (κ1) is 31.6. The van der Waals surface area contributed by atoms with E-state index in [1.807, 2.05) is 131 Å². The minimum atomic E-state index is -1.05. The molecule has 39 heavy (non-hydrogen) atoms. The first-order chi connectivity index (χ1) is 18.5. The average Bonchev–Trinajstić information content (AvgIpc) is 2.91. The van der Waals surface area contributed by atoms with Gasteiger partial charge in [0, 0.05) is 39.3 Å². The van der Waals surface area contributed by atoms with E-state index in [4.69, 9.17) is 0 Å². The van der Waals surface area contributed by atoms with Crippen LogP contribution < -0.4 is 10.2 Å². The monoisotopic (exact) mass is 614 g/mol. The van der Waals surface area contributed by atoms with Crippen molar-refractivity contribution in [3.8, 4) is 0 Å². The second-order valence-electron chi connectivity index (χ2n) is 8.98. The van der Waals surface area contributed by atoms with Gasteiger partial charge in [-0.05, 0) is 22.3 Å². The molecule has 0 fully saturated rings. The van der Waals surface area contributed by atoms with Gasteiger partial charge >= 0.3 is 20.4 Å². The fourth-order valence-electron chi connectivity index (χ4n) is 4.07. The number of carboxylic acid groups (broad SMARTS) is 2. The Morgan fingerprint density at radius 2 is 0.641 bits per heavy atom. The van der Waals surface area contributed by atoms with E-state index in [1.165, 1.54) is 0 Å². The molecule has 0 atom stereocenters. The van der Waals surface area contributed by atoms with E-state index in [0.717, 1.165) is 22.3 Å². The van der Waals surface area contributed by atoms with Crippen LogP contribution in [-0.4, -0.2) is 34.8 Å². The third kappa shape index (κ3) is 13.2. The number of hydrogen-bond donors (Lipinski definition) is 0. The van der Waals surface area contributed by atoms with Crippen LogP contribution in [0.2, 0.25) is 0 Å². The van der Waals surface area contributed by atoms with Gasteiger partial charge in [-0.15, -0.1) is 0 Å². The molecule has 204 valence electrons. The van der Waals surface area contributed by atoms with Crippen molar-refractivity contribution < 1.29 is 40.2 Å². The van der Waals surface area contributed by atoms with E-state index < -0.39 is 11.9 Å². The summed E-state index contributed by atoms with van der Waals surface area (Å²) in [5.74, 6) is -2.10. The fourth-order valence-corrected chi connectivity index (χ4v) is 4.07. The minimum absolute atomic E-state index is 0. The molecule has 0 N–H and O–H groups in total. The maximum atomic E-state index is 10.8. The van der Waals surface area contributed by atoms with Gasteiger partial charge in [0.2, 0.25) is 0 Å². The number of nitrogens with zero attached hydrogens (tertiary/aromatic N) is 2. The summed E-state index contributed by atoms with van der Waals surface area (Å²) in [4.78, 5) is 25.4. The van der Waals surface area contributed by atoms with Crippen LogP contribution in [0.4, 0.5) is 0 Å². The standard InChI is InChI=1S/2C16H17NO2.Pd/c2*18-16(19)13-17(11-14-7-3-1-4-8-14)12-15-9-5-2-6-10-15;/h2*1-10H,11-13H2,(H,18,19);/q;;+2/p-2. The van der Waals surface area contributed by atoms with Gasteiger partial charge in [-0.25, -0.2) is 0 Å². The first-order valence-corrected chi connectivity index (χ1v) is 12.5. The molecule has 0 heterocycles. The smallest absolute Gasteiger partial charge is 0.549 e. The van der Waals surface area contributed by atoms with Gasteiger partial charge in [0.25, 0.3) is 0 Å². The van der Waals surface area contributed by atoms with Crippen LogP contribution in [0.3, 0.4) is 0 Å². The molecule has 0 aliphatic carbocycles. The van der Waals surface area contributed by atoms with Crippen LogP contribution in [0.5, 0.6) is 0 Å². The molecule has 0 aromatic heterocycles. The second kappa shape index (κ2) is 17.8. The summed E-state index contributed by atoms with van der Waals surface area (Å²) in [6.07, 6.45) is 0. The molecule has 0 spiro atoms. The Morgan fingerprint density at radius 3 is 0.821 bits per heavy atom. The number of rotatable bonds is 12. The molecule has 6 nitrogen and oxygen atoms in total. The molecule has 0 amide bonds. The molecule has 0 saturated carbocycles. The van der Waals surface area contributed by atoms with Gasteiger partial charge in [0.05, 0.1) is 11.9 Å². The molecular weight excluding hydrogens is 583 g/mol. The summed E-state index contributed by atoms with van der Waals surface area (Å²) in [6, 6.07) is 39.4. The summed E-state index contributed by atoms with van der Waals surface area (Å²) >= 11 is 0. The zero-order chi connectivity index (χ0) is 27.0. The number of carboxylic acids is 2. The molecular formula is C32H32N2O4Pd. The Morgan fingerprint density at radius 1 is 0.436 bits per heavy atom. The van der Waals surface area contributed by atoms with Gasteiger partial charge < -0.3 is 19.8 Å². The number of carbonyl (C=O) groups is 2. The first-order valence-electron chi connectivity index (χ1n) is 12.5. The quantitative estimate of drug-likeness (QED) is 0.228. The number of hydrogen-bond acceptors (Lipinski definition) is 6. The van der Waals surface area contributed by atoms with E-state index in [9.17, 15) is 19.8 Å². The summed E-state index contributed by atoms with van der Waals surface area (Å²) < 4.78 is 0. The molecule has 0 unspecified atom stereocenters. The normalized spacial score (nSPS) is 10.3. The van der Waals surface area contributed by atoms with Crippen molar-refractivity contribution >= 4 is 11.9 Å². The van der Waals surface area contributed by atoms with Crippen molar-refractivity contribution in [2.75, 3.05) is 13.1 Å². The Hall–Kier alpha value is -3.60. The molecule has 7 heteroatoms. The van der Waals surface area contributed by atoms with Crippen molar-refractivity contribution in [3.63, 3.8) is 0 Å². The van der Waals surface area contributed by atoms with Gasteiger partial charge in [-0.1, -0.05) is 121 Å². The van der Waals surface area contributed by atoms with E-state index in [1.54, 1.807) is 0 Å². The maximum absolute atomic E-state index is 10.8. The van der Waals surface area contributed by atoms with Crippen LogP contribution in [0.15, 0.2) is 121 Å². The van der Waals surface area contributed by atoms with E-state index >= 15 is 0 Å². The molecule has 0 aliphatic rings. The average molecular weight is 615 g/mol. The molecule has 4 aromatic rings. The van der Waals surface area contributed by atoms with Crippen molar-refractivity contribution in [1.29, 1.82) is 0 Å². The second-order valence-corrected chi connectivity index (χ2v) is 8.98. The predicted octanol–water partition coefficient (Wildman–Crippen LogP) is 2.87.